The molecule has 4 heteroatoms. The van der Waals surface area contributed by atoms with E-state index in [9.17, 15) is 0 Å². The van der Waals surface area contributed by atoms with Gasteiger partial charge in [0.05, 0.1) is 0 Å². The summed E-state index contributed by atoms with van der Waals surface area (Å²) in [5.41, 5.74) is 6.84. The van der Waals surface area contributed by atoms with E-state index in [-0.39, 0.29) is 0 Å². The first-order chi connectivity index (χ1) is 8.06. The maximum Gasteiger partial charge on any atom is 0.132 e. The molecule has 4 nitrogen and oxygen atoms in total. The van der Waals surface area contributed by atoms with Gasteiger partial charge in [0.15, 0.2) is 0 Å². The van der Waals surface area contributed by atoms with Crippen molar-refractivity contribution in [3.63, 3.8) is 0 Å². The molecule has 0 radical (unpaired) electrons. The second kappa shape index (κ2) is 6.55. The number of nitrogens with zero attached hydrogens (tertiary/aromatic N) is 3. The fraction of sp³-hybridized carbons (Fsp3) is 0.692. The van der Waals surface area contributed by atoms with Crippen LogP contribution in [-0.4, -0.2) is 34.5 Å². The van der Waals surface area contributed by atoms with Crippen LogP contribution in [0.1, 0.15) is 45.1 Å². The zero-order valence-corrected chi connectivity index (χ0v) is 11.4. The van der Waals surface area contributed by atoms with Crippen LogP contribution in [0.15, 0.2) is 6.07 Å². The maximum atomic E-state index is 5.80. The molecule has 0 spiro atoms. The zero-order valence-electron chi connectivity index (χ0n) is 11.4. The summed E-state index contributed by atoms with van der Waals surface area (Å²) in [6.07, 6.45) is 0.867. The minimum atomic E-state index is 0.396. The summed E-state index contributed by atoms with van der Waals surface area (Å²) in [6.45, 7) is 11.7. The lowest BCUT2D eigenvalue weighted by molar-refractivity contribution is 0.305. The summed E-state index contributed by atoms with van der Waals surface area (Å²) in [5.74, 6) is 1.84. The topological polar surface area (TPSA) is 55.0 Å². The van der Waals surface area contributed by atoms with Gasteiger partial charge in [-0.25, -0.2) is 9.97 Å². The molecule has 0 unspecified atom stereocenters. The lowest BCUT2D eigenvalue weighted by atomic mass is 10.1. The molecule has 1 aromatic heterocycles. The first-order valence-electron chi connectivity index (χ1n) is 6.42. The standard InChI is InChI=1S/C13H24N4/c1-5-17(6-2)8-7-13-15-11(10(3)4)9-12(14)16-13/h9-10H,5-8H2,1-4H3,(H2,14,15,16). The number of aromatic nitrogens is 2. The van der Waals surface area contributed by atoms with E-state index in [1.54, 1.807) is 0 Å². The highest BCUT2D eigenvalue weighted by atomic mass is 15.1. The number of hydrogen-bond donors (Lipinski definition) is 1. The molecule has 2 N–H and O–H groups in total. The van der Waals surface area contributed by atoms with Crippen molar-refractivity contribution in [1.29, 1.82) is 0 Å². The van der Waals surface area contributed by atoms with Crippen molar-refractivity contribution in [3.05, 3.63) is 17.6 Å². The molecule has 0 aliphatic rings. The summed E-state index contributed by atoms with van der Waals surface area (Å²) >= 11 is 0. The highest BCUT2D eigenvalue weighted by molar-refractivity contribution is 5.31. The van der Waals surface area contributed by atoms with Gasteiger partial charge in [-0.3, -0.25) is 0 Å². The smallest absolute Gasteiger partial charge is 0.132 e. The monoisotopic (exact) mass is 236 g/mol. The lowest BCUT2D eigenvalue weighted by Gasteiger charge is -2.17. The molecule has 0 saturated carbocycles. The van der Waals surface area contributed by atoms with E-state index in [1.165, 1.54) is 0 Å². The van der Waals surface area contributed by atoms with Crippen molar-refractivity contribution in [2.45, 2.75) is 40.0 Å². The molecule has 1 aromatic rings. The molecular formula is C13H24N4. The van der Waals surface area contributed by atoms with E-state index in [0.29, 0.717) is 11.7 Å². The van der Waals surface area contributed by atoms with E-state index >= 15 is 0 Å². The zero-order chi connectivity index (χ0) is 12.8. The normalized spacial score (nSPS) is 11.4. The number of nitrogens with two attached hydrogens (primary N) is 1. The molecule has 0 aliphatic heterocycles. The van der Waals surface area contributed by atoms with Crippen LogP contribution in [0.4, 0.5) is 5.82 Å². The van der Waals surface area contributed by atoms with Crippen LogP contribution in [0.25, 0.3) is 0 Å². The lowest BCUT2D eigenvalue weighted by Crippen LogP contribution is -2.26. The van der Waals surface area contributed by atoms with E-state index in [4.69, 9.17) is 5.73 Å². The van der Waals surface area contributed by atoms with Gasteiger partial charge < -0.3 is 10.6 Å². The number of likely N-dealkylation sites (N-methyl/N-ethyl adjacent to an activating group) is 1. The van der Waals surface area contributed by atoms with Gasteiger partial charge in [-0.2, -0.15) is 0 Å². The Hall–Kier alpha value is -1.16. The molecule has 0 fully saturated rings. The van der Waals surface area contributed by atoms with E-state index in [2.05, 4.69) is 42.6 Å². The Balaban J connectivity index is 2.70. The van der Waals surface area contributed by atoms with Gasteiger partial charge in [-0.1, -0.05) is 27.7 Å². The highest BCUT2D eigenvalue weighted by Crippen LogP contribution is 2.14. The Kier molecular flexibility index (Phi) is 5.35. The number of anilines is 1. The SMILES string of the molecule is CCN(CC)CCc1nc(N)cc(C(C)C)n1. The minimum absolute atomic E-state index is 0.396. The highest BCUT2D eigenvalue weighted by Gasteiger charge is 2.07. The van der Waals surface area contributed by atoms with Crippen molar-refractivity contribution in [2.24, 2.45) is 0 Å². The summed E-state index contributed by atoms with van der Waals surface area (Å²) < 4.78 is 0. The van der Waals surface area contributed by atoms with Crippen LogP contribution in [0, 0.1) is 0 Å². The van der Waals surface area contributed by atoms with Gasteiger partial charge in [0.1, 0.15) is 11.6 Å². The van der Waals surface area contributed by atoms with Gasteiger partial charge in [0.25, 0.3) is 0 Å². The van der Waals surface area contributed by atoms with Crippen LogP contribution in [0.3, 0.4) is 0 Å². The molecule has 0 aliphatic carbocycles. The van der Waals surface area contributed by atoms with Crippen molar-refractivity contribution >= 4 is 5.82 Å². The van der Waals surface area contributed by atoms with Crippen LogP contribution in [0.5, 0.6) is 0 Å². The third-order valence-electron chi connectivity index (χ3n) is 2.95. The fourth-order valence-electron chi connectivity index (χ4n) is 1.74. The van der Waals surface area contributed by atoms with Crippen molar-refractivity contribution in [1.82, 2.24) is 14.9 Å². The molecule has 0 amide bonds. The van der Waals surface area contributed by atoms with E-state index in [1.807, 2.05) is 6.07 Å². The second-order valence-corrected chi connectivity index (χ2v) is 4.57. The summed E-state index contributed by atoms with van der Waals surface area (Å²) in [6, 6.07) is 1.87. The predicted octanol–water partition coefficient (Wildman–Crippen LogP) is 2.07. The molecule has 1 rings (SSSR count). The number of hydrogen-bond acceptors (Lipinski definition) is 4. The van der Waals surface area contributed by atoms with Gasteiger partial charge in [-0.15, -0.1) is 0 Å². The van der Waals surface area contributed by atoms with Crippen molar-refractivity contribution in [2.75, 3.05) is 25.4 Å². The second-order valence-electron chi connectivity index (χ2n) is 4.57. The first kappa shape index (κ1) is 13.9. The maximum absolute atomic E-state index is 5.80. The molecule has 0 bridgehead atoms. The third kappa shape index (κ3) is 4.30. The molecule has 17 heavy (non-hydrogen) atoms. The van der Waals surface area contributed by atoms with Crippen LogP contribution >= 0.6 is 0 Å². The Morgan fingerprint density at radius 2 is 1.88 bits per heavy atom. The molecular weight excluding hydrogens is 212 g/mol. The van der Waals surface area contributed by atoms with Crippen LogP contribution < -0.4 is 5.73 Å². The van der Waals surface area contributed by atoms with Crippen LogP contribution in [-0.2, 0) is 6.42 Å². The molecule has 96 valence electrons. The molecule has 0 saturated heterocycles. The summed E-state index contributed by atoms with van der Waals surface area (Å²) in [7, 11) is 0. The van der Waals surface area contributed by atoms with Crippen LogP contribution in [0.2, 0.25) is 0 Å². The van der Waals surface area contributed by atoms with Crippen molar-refractivity contribution < 1.29 is 0 Å². The Bertz CT molecular complexity index is 345. The largest absolute Gasteiger partial charge is 0.384 e. The fourth-order valence-corrected chi connectivity index (χ4v) is 1.74. The molecule has 0 atom stereocenters. The average Bonchev–Trinajstić information content (AvgIpc) is 2.29. The quantitative estimate of drug-likeness (QED) is 0.821. The van der Waals surface area contributed by atoms with Gasteiger partial charge >= 0.3 is 0 Å². The Morgan fingerprint density at radius 1 is 1.24 bits per heavy atom. The van der Waals surface area contributed by atoms with E-state index < -0.39 is 0 Å². The van der Waals surface area contributed by atoms with Gasteiger partial charge in [-0.05, 0) is 19.0 Å². The minimum Gasteiger partial charge on any atom is -0.384 e. The summed E-state index contributed by atoms with van der Waals surface area (Å²) in [4.78, 5) is 11.2. The van der Waals surface area contributed by atoms with E-state index in [0.717, 1.165) is 37.6 Å². The first-order valence-corrected chi connectivity index (χ1v) is 6.42. The Labute approximate surface area is 104 Å². The number of rotatable bonds is 6. The number of nitrogen functional groups attached to an aromatic ring is 1. The van der Waals surface area contributed by atoms with Crippen molar-refractivity contribution in [3.8, 4) is 0 Å². The van der Waals surface area contributed by atoms with Gasteiger partial charge in [0.2, 0.25) is 0 Å². The average molecular weight is 236 g/mol. The molecule has 1 heterocycles. The predicted molar refractivity (Wildman–Crippen MR) is 72.0 cm³/mol. The van der Waals surface area contributed by atoms with Gasteiger partial charge in [0, 0.05) is 24.7 Å². The molecule has 0 aromatic carbocycles. The Morgan fingerprint density at radius 3 is 2.41 bits per heavy atom. The summed E-state index contributed by atoms with van der Waals surface area (Å²) in [5, 5.41) is 0. The third-order valence-corrected chi connectivity index (χ3v) is 2.95.